The maximum Gasteiger partial charge on any atom is 0.160 e. The van der Waals surface area contributed by atoms with Gasteiger partial charge in [0.05, 0.1) is 13.2 Å². The maximum atomic E-state index is 14.2. The van der Waals surface area contributed by atoms with Gasteiger partial charge in [-0.05, 0) is 55.7 Å². The molecule has 0 amide bonds. The van der Waals surface area contributed by atoms with Crippen molar-refractivity contribution >= 4 is 0 Å². The number of unbranched alkanes of at least 4 members (excludes halogenated alkanes) is 2. The summed E-state index contributed by atoms with van der Waals surface area (Å²) < 4.78 is 40.4. The Morgan fingerprint density at radius 1 is 1.00 bits per heavy atom. The number of hydrogen-bond acceptors (Lipinski definition) is 3. The first-order valence-electron chi connectivity index (χ1n) is 10.9. The third kappa shape index (κ3) is 5.52. The van der Waals surface area contributed by atoms with Crippen LogP contribution in [-0.2, 0) is 15.9 Å². The second-order valence-electron chi connectivity index (χ2n) is 8.45. The molecule has 158 valence electrons. The van der Waals surface area contributed by atoms with E-state index >= 15 is 0 Å². The first-order chi connectivity index (χ1) is 13.6. The number of aliphatic hydroxyl groups is 1. The van der Waals surface area contributed by atoms with Gasteiger partial charge in [-0.25, -0.2) is 8.78 Å². The van der Waals surface area contributed by atoms with Crippen LogP contribution in [0, 0.1) is 23.5 Å². The standard InChI is InChI=1S/C23H34F2O3/c1-2-3-4-5-16-14-27-23(28-15-16)18-8-6-17(7-9-18)19-12-21(24)20(10-11-26)22(25)13-19/h12-13,16-18,23,26H,2-11,14-15H2,1H3. The van der Waals surface area contributed by atoms with Gasteiger partial charge in [-0.3, -0.25) is 0 Å². The van der Waals surface area contributed by atoms with E-state index in [0.29, 0.717) is 11.8 Å². The summed E-state index contributed by atoms with van der Waals surface area (Å²) in [6.07, 6.45) is 8.52. The normalized spacial score (nSPS) is 28.4. The molecule has 28 heavy (non-hydrogen) atoms. The fourth-order valence-electron chi connectivity index (χ4n) is 4.61. The Hall–Kier alpha value is -1.04. The van der Waals surface area contributed by atoms with E-state index in [1.807, 2.05) is 0 Å². The van der Waals surface area contributed by atoms with E-state index in [1.165, 1.54) is 37.8 Å². The van der Waals surface area contributed by atoms with Crippen molar-refractivity contribution in [1.29, 1.82) is 0 Å². The molecule has 0 unspecified atom stereocenters. The summed E-state index contributed by atoms with van der Waals surface area (Å²) in [5, 5.41) is 8.95. The van der Waals surface area contributed by atoms with Crippen molar-refractivity contribution in [2.75, 3.05) is 19.8 Å². The van der Waals surface area contributed by atoms with Gasteiger partial charge in [0.2, 0.25) is 0 Å². The highest BCUT2D eigenvalue weighted by molar-refractivity contribution is 5.29. The molecule has 1 aromatic rings. The van der Waals surface area contributed by atoms with Gasteiger partial charge in [0.15, 0.2) is 6.29 Å². The number of ether oxygens (including phenoxy) is 2. The summed E-state index contributed by atoms with van der Waals surface area (Å²) in [7, 11) is 0. The van der Waals surface area contributed by atoms with Crippen molar-refractivity contribution in [3.63, 3.8) is 0 Å². The van der Waals surface area contributed by atoms with Gasteiger partial charge in [0.25, 0.3) is 0 Å². The van der Waals surface area contributed by atoms with Gasteiger partial charge in [-0.1, -0.05) is 26.2 Å². The molecule has 2 fully saturated rings. The van der Waals surface area contributed by atoms with Crippen molar-refractivity contribution in [3.8, 4) is 0 Å². The lowest BCUT2D eigenvalue weighted by atomic mass is 9.78. The Labute approximate surface area is 167 Å². The number of hydrogen-bond donors (Lipinski definition) is 1. The minimum atomic E-state index is -0.542. The quantitative estimate of drug-likeness (QED) is 0.603. The van der Waals surface area contributed by atoms with Gasteiger partial charge < -0.3 is 14.6 Å². The molecule has 1 aliphatic carbocycles. The van der Waals surface area contributed by atoms with E-state index in [0.717, 1.165) is 44.5 Å². The summed E-state index contributed by atoms with van der Waals surface area (Å²) in [6, 6.07) is 2.90. The van der Waals surface area contributed by atoms with Crippen molar-refractivity contribution < 1.29 is 23.4 Å². The predicted molar refractivity (Wildman–Crippen MR) is 105 cm³/mol. The van der Waals surface area contributed by atoms with E-state index < -0.39 is 11.6 Å². The van der Waals surface area contributed by atoms with Crippen molar-refractivity contribution in [2.24, 2.45) is 11.8 Å². The summed E-state index contributed by atoms with van der Waals surface area (Å²) in [5.41, 5.74) is 0.717. The second-order valence-corrected chi connectivity index (χ2v) is 8.45. The third-order valence-corrected chi connectivity index (χ3v) is 6.36. The molecule has 1 N–H and O–H groups in total. The van der Waals surface area contributed by atoms with Crippen LogP contribution in [0.4, 0.5) is 8.78 Å². The van der Waals surface area contributed by atoms with E-state index in [-0.39, 0.29) is 30.8 Å². The number of benzene rings is 1. The van der Waals surface area contributed by atoms with Crippen molar-refractivity contribution in [3.05, 3.63) is 34.9 Å². The molecule has 1 heterocycles. The highest BCUT2D eigenvalue weighted by atomic mass is 19.1. The molecule has 0 spiro atoms. The summed E-state index contributed by atoms with van der Waals surface area (Å²) >= 11 is 0. The van der Waals surface area contributed by atoms with Crippen LogP contribution in [0.2, 0.25) is 0 Å². The molecule has 1 saturated carbocycles. The Kier molecular flexibility index (Phi) is 8.24. The van der Waals surface area contributed by atoms with Crippen LogP contribution in [-0.4, -0.2) is 31.2 Å². The average molecular weight is 397 g/mol. The van der Waals surface area contributed by atoms with Crippen LogP contribution in [0.5, 0.6) is 0 Å². The molecule has 0 atom stereocenters. The zero-order valence-corrected chi connectivity index (χ0v) is 17.0. The highest BCUT2D eigenvalue weighted by Gasteiger charge is 2.33. The van der Waals surface area contributed by atoms with Gasteiger partial charge >= 0.3 is 0 Å². The monoisotopic (exact) mass is 396 g/mol. The van der Waals surface area contributed by atoms with Crippen LogP contribution in [0.1, 0.15) is 75.3 Å². The van der Waals surface area contributed by atoms with Crippen molar-refractivity contribution in [1.82, 2.24) is 0 Å². The van der Waals surface area contributed by atoms with Crippen LogP contribution in [0.3, 0.4) is 0 Å². The number of halogens is 2. The molecule has 2 aliphatic rings. The lowest BCUT2D eigenvalue weighted by molar-refractivity contribution is -0.229. The first-order valence-corrected chi connectivity index (χ1v) is 10.9. The smallest absolute Gasteiger partial charge is 0.160 e. The number of rotatable bonds is 8. The van der Waals surface area contributed by atoms with Gasteiger partial charge in [0, 0.05) is 30.4 Å². The molecule has 3 nitrogen and oxygen atoms in total. The predicted octanol–water partition coefficient (Wildman–Crippen LogP) is 5.34. The van der Waals surface area contributed by atoms with Gasteiger partial charge in [-0.15, -0.1) is 0 Å². The molecule has 5 heteroatoms. The fraction of sp³-hybridized carbons (Fsp3) is 0.739. The van der Waals surface area contributed by atoms with E-state index in [4.69, 9.17) is 14.6 Å². The van der Waals surface area contributed by atoms with Gasteiger partial charge in [-0.2, -0.15) is 0 Å². The molecule has 0 radical (unpaired) electrons. The molecule has 0 bridgehead atoms. The Bertz CT molecular complexity index is 583. The Morgan fingerprint density at radius 3 is 2.21 bits per heavy atom. The fourth-order valence-corrected chi connectivity index (χ4v) is 4.61. The average Bonchev–Trinajstić information content (AvgIpc) is 2.71. The molecular weight excluding hydrogens is 362 g/mol. The highest BCUT2D eigenvalue weighted by Crippen LogP contribution is 2.39. The summed E-state index contributed by atoms with van der Waals surface area (Å²) in [6.45, 7) is 3.54. The van der Waals surface area contributed by atoms with Crippen LogP contribution >= 0.6 is 0 Å². The SMILES string of the molecule is CCCCCC1COC(C2CCC(c3cc(F)c(CCO)c(F)c3)CC2)OC1. The molecule has 0 aromatic heterocycles. The van der Waals surface area contributed by atoms with Gasteiger partial charge in [0.1, 0.15) is 11.6 Å². The minimum absolute atomic E-state index is 0.0144. The van der Waals surface area contributed by atoms with E-state index in [2.05, 4.69) is 6.92 Å². The molecular formula is C23H34F2O3. The van der Waals surface area contributed by atoms with E-state index in [9.17, 15) is 8.78 Å². The second kappa shape index (κ2) is 10.7. The molecule has 3 rings (SSSR count). The maximum absolute atomic E-state index is 14.2. The summed E-state index contributed by atoms with van der Waals surface area (Å²) in [4.78, 5) is 0. The number of aliphatic hydroxyl groups excluding tert-OH is 1. The zero-order chi connectivity index (χ0) is 19.9. The largest absolute Gasteiger partial charge is 0.396 e. The molecule has 1 aliphatic heterocycles. The summed E-state index contributed by atoms with van der Waals surface area (Å²) in [5.74, 6) is -0.0222. The van der Waals surface area contributed by atoms with Crippen LogP contribution < -0.4 is 0 Å². The Balaban J connectivity index is 1.47. The van der Waals surface area contributed by atoms with E-state index in [1.54, 1.807) is 0 Å². The molecule has 1 saturated heterocycles. The Morgan fingerprint density at radius 2 is 1.64 bits per heavy atom. The zero-order valence-electron chi connectivity index (χ0n) is 17.0. The van der Waals surface area contributed by atoms with Crippen LogP contribution in [0.15, 0.2) is 12.1 Å². The van der Waals surface area contributed by atoms with Crippen LogP contribution in [0.25, 0.3) is 0 Å². The first kappa shape index (κ1) is 21.7. The van der Waals surface area contributed by atoms with Crippen molar-refractivity contribution in [2.45, 2.75) is 76.9 Å². The topological polar surface area (TPSA) is 38.7 Å². The minimum Gasteiger partial charge on any atom is -0.396 e. The molecule has 1 aromatic carbocycles. The lowest BCUT2D eigenvalue weighted by Crippen LogP contribution is -2.38. The lowest BCUT2D eigenvalue weighted by Gasteiger charge is -2.37. The third-order valence-electron chi connectivity index (χ3n) is 6.36.